The Morgan fingerprint density at radius 2 is 2.00 bits per heavy atom. The summed E-state index contributed by atoms with van der Waals surface area (Å²) in [6, 6.07) is 0.189. The van der Waals surface area contributed by atoms with E-state index in [1.165, 1.54) is 0 Å². The van der Waals surface area contributed by atoms with E-state index in [0.29, 0.717) is 0 Å². The van der Waals surface area contributed by atoms with Crippen LogP contribution >= 0.6 is 14.8 Å². The Kier molecular flexibility index (Phi) is 2.13. The van der Waals surface area contributed by atoms with Crippen molar-refractivity contribution in [3.63, 3.8) is 0 Å². The predicted octanol–water partition coefficient (Wildman–Crippen LogP) is 0.768. The molecule has 1 N–H and O–H groups in total. The van der Waals surface area contributed by atoms with E-state index in [1.807, 2.05) is 0 Å². The molecule has 0 heterocycles. The standard InChI is InChI=1S/C4H8BrNO2S/c5-9(7,8)6-4-2-1-3-4/h4,6H,1-3H2. The fourth-order valence-corrected chi connectivity index (χ4v) is 2.15. The third-order valence-corrected chi connectivity index (χ3v) is 2.59. The third-order valence-electron chi connectivity index (χ3n) is 1.41. The quantitative estimate of drug-likeness (QED) is 0.690. The van der Waals surface area contributed by atoms with Gasteiger partial charge in [-0.1, -0.05) is 6.42 Å². The van der Waals surface area contributed by atoms with E-state index in [0.717, 1.165) is 19.3 Å². The van der Waals surface area contributed by atoms with Crippen molar-refractivity contribution in [2.24, 2.45) is 0 Å². The van der Waals surface area contributed by atoms with Crippen LogP contribution in [0.2, 0.25) is 0 Å². The SMILES string of the molecule is O=S(=O)(Br)NC1CCC1. The van der Waals surface area contributed by atoms with Crippen molar-refractivity contribution in [2.45, 2.75) is 25.3 Å². The van der Waals surface area contributed by atoms with Gasteiger partial charge in [0.2, 0.25) is 0 Å². The van der Waals surface area contributed by atoms with Crippen molar-refractivity contribution in [3.8, 4) is 0 Å². The number of rotatable bonds is 2. The molecule has 0 unspecified atom stereocenters. The van der Waals surface area contributed by atoms with E-state index in [4.69, 9.17) is 0 Å². The van der Waals surface area contributed by atoms with E-state index in [1.54, 1.807) is 0 Å². The lowest BCUT2D eigenvalue weighted by Gasteiger charge is -2.24. The molecule has 5 heteroatoms. The summed E-state index contributed by atoms with van der Waals surface area (Å²) in [5.74, 6) is 0. The van der Waals surface area contributed by atoms with Gasteiger partial charge in [-0.15, -0.1) is 0 Å². The lowest BCUT2D eigenvalue weighted by atomic mass is 9.94. The second-order valence-electron chi connectivity index (χ2n) is 2.18. The molecule has 0 aromatic heterocycles. The van der Waals surface area contributed by atoms with Crippen molar-refractivity contribution in [3.05, 3.63) is 0 Å². The molecule has 9 heavy (non-hydrogen) atoms. The van der Waals surface area contributed by atoms with Crippen LogP contribution in [0.25, 0.3) is 0 Å². The molecule has 0 aromatic carbocycles. The number of nitrogens with one attached hydrogen (secondary N) is 1. The molecule has 0 bridgehead atoms. The van der Waals surface area contributed by atoms with Crippen LogP contribution < -0.4 is 4.72 Å². The lowest BCUT2D eigenvalue weighted by Crippen LogP contribution is -2.36. The molecule has 1 aliphatic rings. The van der Waals surface area contributed by atoms with E-state index in [9.17, 15) is 8.42 Å². The van der Waals surface area contributed by atoms with Crippen LogP contribution in [-0.2, 0) is 8.46 Å². The van der Waals surface area contributed by atoms with Crippen LogP contribution in [0.1, 0.15) is 19.3 Å². The summed E-state index contributed by atoms with van der Waals surface area (Å²) in [6.07, 6.45) is 3.09. The van der Waals surface area contributed by atoms with Crippen LogP contribution in [0.5, 0.6) is 0 Å². The molecule has 0 radical (unpaired) electrons. The van der Waals surface area contributed by atoms with Gasteiger partial charge in [0.05, 0.1) is 14.8 Å². The first-order valence-electron chi connectivity index (χ1n) is 2.80. The van der Waals surface area contributed by atoms with Gasteiger partial charge < -0.3 is 0 Å². The molecule has 0 spiro atoms. The van der Waals surface area contributed by atoms with Gasteiger partial charge in [0.25, 0.3) is 8.46 Å². The van der Waals surface area contributed by atoms with Gasteiger partial charge in [0, 0.05) is 6.04 Å². The van der Waals surface area contributed by atoms with Gasteiger partial charge in [-0.3, -0.25) is 0 Å². The Balaban J connectivity index is 2.33. The van der Waals surface area contributed by atoms with Gasteiger partial charge in [-0.05, 0) is 12.8 Å². The molecule has 54 valence electrons. The van der Waals surface area contributed by atoms with Crippen LogP contribution in [0.3, 0.4) is 0 Å². The molecule has 0 saturated heterocycles. The van der Waals surface area contributed by atoms with E-state index in [-0.39, 0.29) is 6.04 Å². The molecule has 0 atom stereocenters. The maximum atomic E-state index is 10.4. The summed E-state index contributed by atoms with van der Waals surface area (Å²) >= 11 is 2.51. The Morgan fingerprint density at radius 3 is 2.11 bits per heavy atom. The van der Waals surface area contributed by atoms with Crippen LogP contribution in [0.15, 0.2) is 0 Å². The highest BCUT2D eigenvalue weighted by Crippen LogP contribution is 2.19. The summed E-state index contributed by atoms with van der Waals surface area (Å²) < 4.78 is 23.3. The summed E-state index contributed by atoms with van der Waals surface area (Å²) in [4.78, 5) is 0. The Hall–Kier alpha value is 0.390. The largest absolute Gasteiger partial charge is 0.272 e. The molecule has 0 aromatic rings. The molecular weight excluding hydrogens is 206 g/mol. The van der Waals surface area contributed by atoms with Gasteiger partial charge in [0.15, 0.2) is 0 Å². The Bertz CT molecular complexity index is 185. The van der Waals surface area contributed by atoms with Crippen molar-refractivity contribution in [1.29, 1.82) is 0 Å². The fraction of sp³-hybridized carbons (Fsp3) is 1.00. The maximum Gasteiger partial charge on any atom is 0.272 e. The molecule has 1 saturated carbocycles. The van der Waals surface area contributed by atoms with Crippen molar-refractivity contribution in [1.82, 2.24) is 4.72 Å². The van der Waals surface area contributed by atoms with Crippen molar-refractivity contribution < 1.29 is 8.42 Å². The first-order chi connectivity index (χ1) is 4.08. The molecular formula is C4H8BrNO2S. The monoisotopic (exact) mass is 213 g/mol. The van der Waals surface area contributed by atoms with E-state index in [2.05, 4.69) is 19.5 Å². The Labute approximate surface area is 62.1 Å². The second kappa shape index (κ2) is 2.56. The normalized spacial score (nSPS) is 21.4. The van der Waals surface area contributed by atoms with Gasteiger partial charge in [0.1, 0.15) is 0 Å². The summed E-state index contributed by atoms with van der Waals surface area (Å²) in [6.45, 7) is 0. The summed E-state index contributed by atoms with van der Waals surface area (Å²) in [7, 11) is -3.12. The topological polar surface area (TPSA) is 46.2 Å². The Morgan fingerprint density at radius 1 is 1.44 bits per heavy atom. The molecule has 1 rings (SSSR count). The smallest absolute Gasteiger partial charge is 0.203 e. The average molecular weight is 214 g/mol. The highest BCUT2D eigenvalue weighted by molar-refractivity contribution is 9.47. The summed E-state index contributed by atoms with van der Waals surface area (Å²) in [5, 5.41) is 0. The van der Waals surface area contributed by atoms with Crippen LogP contribution in [-0.4, -0.2) is 14.5 Å². The zero-order valence-electron chi connectivity index (χ0n) is 4.80. The first-order valence-corrected chi connectivity index (χ1v) is 6.12. The molecule has 1 aliphatic carbocycles. The number of hydrogen-bond donors (Lipinski definition) is 1. The average Bonchev–Trinajstić information content (AvgIpc) is 1.53. The highest BCUT2D eigenvalue weighted by Gasteiger charge is 2.20. The van der Waals surface area contributed by atoms with Gasteiger partial charge in [-0.2, -0.15) is 0 Å². The molecule has 0 aliphatic heterocycles. The molecule has 3 nitrogen and oxygen atoms in total. The summed E-state index contributed by atoms with van der Waals surface area (Å²) in [5.41, 5.74) is 0. The van der Waals surface area contributed by atoms with Crippen molar-refractivity contribution >= 4 is 23.3 Å². The minimum atomic E-state index is -3.12. The van der Waals surface area contributed by atoms with Crippen LogP contribution in [0, 0.1) is 0 Å². The minimum Gasteiger partial charge on any atom is -0.203 e. The van der Waals surface area contributed by atoms with E-state index >= 15 is 0 Å². The first kappa shape index (κ1) is 7.50. The number of hydrogen-bond acceptors (Lipinski definition) is 2. The maximum absolute atomic E-state index is 10.4. The second-order valence-corrected chi connectivity index (χ2v) is 5.85. The minimum absolute atomic E-state index is 0.189. The van der Waals surface area contributed by atoms with Gasteiger partial charge >= 0.3 is 0 Å². The highest BCUT2D eigenvalue weighted by atomic mass is 79.9. The van der Waals surface area contributed by atoms with E-state index < -0.39 is 8.46 Å². The lowest BCUT2D eigenvalue weighted by molar-refractivity contribution is 0.386. The fourth-order valence-electron chi connectivity index (χ4n) is 0.725. The predicted molar refractivity (Wildman–Crippen MR) is 38.6 cm³/mol. The zero-order chi connectivity index (χ0) is 6.91. The zero-order valence-corrected chi connectivity index (χ0v) is 7.20. The molecule has 0 amide bonds. The van der Waals surface area contributed by atoms with Crippen molar-refractivity contribution in [2.75, 3.05) is 0 Å². The number of halogens is 1. The third kappa shape index (κ3) is 2.64. The van der Waals surface area contributed by atoms with Crippen LogP contribution in [0.4, 0.5) is 0 Å². The molecule has 1 fully saturated rings. The van der Waals surface area contributed by atoms with Gasteiger partial charge in [-0.25, -0.2) is 13.1 Å².